The van der Waals surface area contributed by atoms with Gasteiger partial charge in [-0.2, -0.15) is 0 Å². The average Bonchev–Trinajstić information content (AvgIpc) is 1.35. The molecule has 0 saturated heterocycles. The Hall–Kier alpha value is 0.180. The number of hydrogen-bond acceptors (Lipinski definition) is 1. The summed E-state index contributed by atoms with van der Waals surface area (Å²) in [5.41, 5.74) is 4.80. The summed E-state index contributed by atoms with van der Waals surface area (Å²) < 4.78 is 11.8. The molecule has 0 fully saturated rings. The van der Waals surface area contributed by atoms with Crippen molar-refractivity contribution in [1.82, 2.24) is 0 Å². The van der Waals surface area contributed by atoms with E-state index < -0.39 is 5.13 Å². The largest absolute Gasteiger partial charge is 0.326 e. The Morgan fingerprint density at radius 2 is 2.17 bits per heavy atom. The number of hydrogen-bond donors (Lipinski definition) is 1. The fourth-order valence-electron chi connectivity index (χ4n) is 0. The fourth-order valence-corrected chi connectivity index (χ4v) is 0. The highest BCUT2D eigenvalue weighted by Crippen LogP contribution is 2.11. The van der Waals surface area contributed by atoms with E-state index in [0.717, 1.165) is 0 Å². The van der Waals surface area contributed by atoms with Crippen LogP contribution in [0.4, 0.5) is 4.39 Å². The second-order valence-corrected chi connectivity index (χ2v) is 2.06. The summed E-state index contributed by atoms with van der Waals surface area (Å²) in [5, 5.41) is -1.71. The molecule has 0 saturated carbocycles. The molecule has 0 spiro atoms. The zero-order valence-corrected chi connectivity index (χ0v) is 4.30. The summed E-state index contributed by atoms with van der Waals surface area (Å²) in [7, 11) is 0. The maximum absolute atomic E-state index is 11.8. The van der Waals surface area contributed by atoms with Crippen molar-refractivity contribution in [2.75, 3.05) is 6.54 Å². The normalized spacial score (nSPS) is 20.0. The molecule has 2 N–H and O–H groups in total. The molecule has 0 aromatic carbocycles. The molecular formula is C3H7ClFN. The molecular weight excluding hydrogens is 104 g/mol. The van der Waals surface area contributed by atoms with E-state index in [1.54, 1.807) is 0 Å². The Kier molecular flexibility index (Phi) is 1.81. The molecule has 0 aromatic rings. The molecule has 1 atom stereocenters. The van der Waals surface area contributed by atoms with Crippen LogP contribution < -0.4 is 5.73 Å². The number of nitrogens with two attached hydrogens (primary N) is 1. The summed E-state index contributed by atoms with van der Waals surface area (Å²) in [6, 6.07) is 0. The molecule has 3 heteroatoms. The summed E-state index contributed by atoms with van der Waals surface area (Å²) in [4.78, 5) is 0. The van der Waals surface area contributed by atoms with Gasteiger partial charge < -0.3 is 5.73 Å². The van der Waals surface area contributed by atoms with Gasteiger partial charge in [-0.25, -0.2) is 4.39 Å². The minimum Gasteiger partial charge on any atom is -0.326 e. The first-order chi connectivity index (χ1) is 2.56. The zero-order chi connectivity index (χ0) is 5.21. The first-order valence-electron chi connectivity index (χ1n) is 1.64. The van der Waals surface area contributed by atoms with Crippen molar-refractivity contribution in [3.63, 3.8) is 0 Å². The van der Waals surface area contributed by atoms with E-state index in [1.807, 2.05) is 0 Å². The first-order valence-corrected chi connectivity index (χ1v) is 2.02. The van der Waals surface area contributed by atoms with Gasteiger partial charge in [0.2, 0.25) is 0 Å². The van der Waals surface area contributed by atoms with Crippen molar-refractivity contribution in [3.8, 4) is 0 Å². The lowest BCUT2D eigenvalue weighted by molar-refractivity contribution is 0.315. The highest BCUT2D eigenvalue weighted by atomic mass is 35.5. The van der Waals surface area contributed by atoms with Crippen molar-refractivity contribution in [3.05, 3.63) is 0 Å². The quantitative estimate of drug-likeness (QED) is 0.500. The molecule has 6 heavy (non-hydrogen) atoms. The van der Waals surface area contributed by atoms with E-state index in [1.165, 1.54) is 6.92 Å². The highest BCUT2D eigenvalue weighted by Gasteiger charge is 2.13. The predicted octanol–water partition coefficient (Wildman–Crippen LogP) is 0.870. The Labute approximate surface area is 41.3 Å². The molecule has 0 radical (unpaired) electrons. The SMILES string of the molecule is CC(F)(Cl)CN. The molecule has 0 aromatic heterocycles. The predicted molar refractivity (Wildman–Crippen MR) is 24.4 cm³/mol. The smallest absolute Gasteiger partial charge is 0.192 e. The maximum atomic E-state index is 11.8. The van der Waals surface area contributed by atoms with Crippen LogP contribution in [0.1, 0.15) is 6.92 Å². The van der Waals surface area contributed by atoms with E-state index in [4.69, 9.17) is 17.3 Å². The molecule has 0 amide bonds. The van der Waals surface area contributed by atoms with Crippen LogP contribution in [0.3, 0.4) is 0 Å². The third-order valence-electron chi connectivity index (χ3n) is 0.358. The van der Waals surface area contributed by atoms with E-state index >= 15 is 0 Å². The lowest BCUT2D eigenvalue weighted by Crippen LogP contribution is -2.21. The van der Waals surface area contributed by atoms with Gasteiger partial charge in [0.1, 0.15) is 0 Å². The molecule has 0 heterocycles. The van der Waals surface area contributed by atoms with Crippen LogP contribution in [0.25, 0.3) is 0 Å². The molecule has 0 aliphatic heterocycles. The van der Waals surface area contributed by atoms with E-state index in [2.05, 4.69) is 0 Å². The van der Waals surface area contributed by atoms with Crippen molar-refractivity contribution in [2.24, 2.45) is 5.73 Å². The minimum absolute atomic E-state index is 0.130. The first kappa shape index (κ1) is 6.18. The van der Waals surface area contributed by atoms with Gasteiger partial charge in [0.15, 0.2) is 5.13 Å². The molecule has 1 unspecified atom stereocenters. The van der Waals surface area contributed by atoms with Crippen LogP contribution in [0.2, 0.25) is 0 Å². The van der Waals surface area contributed by atoms with Crippen molar-refractivity contribution in [1.29, 1.82) is 0 Å². The van der Waals surface area contributed by atoms with Crippen LogP contribution in [0.5, 0.6) is 0 Å². The molecule has 38 valence electrons. The summed E-state index contributed by atoms with van der Waals surface area (Å²) in [6.45, 7) is 1.09. The number of halogens is 2. The Morgan fingerprint density at radius 3 is 2.17 bits per heavy atom. The van der Waals surface area contributed by atoms with Crippen LogP contribution in [-0.4, -0.2) is 11.7 Å². The summed E-state index contributed by atoms with van der Waals surface area (Å²) >= 11 is 4.93. The van der Waals surface area contributed by atoms with E-state index in [9.17, 15) is 4.39 Å². The van der Waals surface area contributed by atoms with Gasteiger partial charge >= 0.3 is 0 Å². The van der Waals surface area contributed by atoms with Crippen LogP contribution in [-0.2, 0) is 0 Å². The third-order valence-corrected chi connectivity index (χ3v) is 0.513. The average molecular weight is 112 g/mol. The molecule has 0 rings (SSSR count). The fraction of sp³-hybridized carbons (Fsp3) is 1.00. The lowest BCUT2D eigenvalue weighted by atomic mass is 10.4. The van der Waals surface area contributed by atoms with Gasteiger partial charge in [-0.3, -0.25) is 0 Å². The zero-order valence-electron chi connectivity index (χ0n) is 3.54. The van der Waals surface area contributed by atoms with Gasteiger partial charge in [-0.05, 0) is 6.92 Å². The van der Waals surface area contributed by atoms with Crippen molar-refractivity contribution >= 4 is 11.6 Å². The standard InChI is InChI=1S/C3H7ClFN/c1-3(4,5)2-6/h2,6H2,1H3. The van der Waals surface area contributed by atoms with Gasteiger partial charge in [0, 0.05) is 6.54 Å². The van der Waals surface area contributed by atoms with Crippen LogP contribution >= 0.6 is 11.6 Å². The second kappa shape index (κ2) is 1.76. The van der Waals surface area contributed by atoms with Gasteiger partial charge in [0.25, 0.3) is 0 Å². The van der Waals surface area contributed by atoms with Crippen molar-refractivity contribution < 1.29 is 4.39 Å². The van der Waals surface area contributed by atoms with E-state index in [-0.39, 0.29) is 6.54 Å². The summed E-state index contributed by atoms with van der Waals surface area (Å²) in [6.07, 6.45) is 0. The second-order valence-electron chi connectivity index (χ2n) is 1.27. The number of alkyl halides is 2. The Morgan fingerprint density at radius 1 is 2.00 bits per heavy atom. The summed E-state index contributed by atoms with van der Waals surface area (Å²) in [5.74, 6) is 0. The van der Waals surface area contributed by atoms with Gasteiger partial charge in [-0.15, -0.1) is 0 Å². The monoisotopic (exact) mass is 111 g/mol. The van der Waals surface area contributed by atoms with Gasteiger partial charge in [0.05, 0.1) is 0 Å². The topological polar surface area (TPSA) is 26.0 Å². The van der Waals surface area contributed by atoms with E-state index in [0.29, 0.717) is 0 Å². The lowest BCUT2D eigenvalue weighted by Gasteiger charge is -2.03. The van der Waals surface area contributed by atoms with Gasteiger partial charge in [-0.1, -0.05) is 11.6 Å². The van der Waals surface area contributed by atoms with Crippen LogP contribution in [0.15, 0.2) is 0 Å². The third kappa shape index (κ3) is 4.18. The highest BCUT2D eigenvalue weighted by molar-refractivity contribution is 6.22. The van der Waals surface area contributed by atoms with Crippen molar-refractivity contribution in [2.45, 2.75) is 12.1 Å². The minimum atomic E-state index is -1.71. The Bertz CT molecular complexity index is 40.5. The molecule has 0 bridgehead atoms. The molecule has 1 nitrogen and oxygen atoms in total. The maximum Gasteiger partial charge on any atom is 0.192 e. The molecule has 0 aliphatic rings. The van der Waals surface area contributed by atoms with Crippen LogP contribution in [0, 0.1) is 0 Å². The Balaban J connectivity index is 3.17. The molecule has 0 aliphatic carbocycles. The number of rotatable bonds is 1.